The first-order valence-corrected chi connectivity index (χ1v) is 9.63. The maximum atomic E-state index is 13.4. The average molecular weight is 401 g/mol. The average Bonchev–Trinajstić information content (AvgIpc) is 3.23. The summed E-state index contributed by atoms with van der Waals surface area (Å²) in [6.07, 6.45) is 2.03. The number of carbonyl (C=O) groups excluding carboxylic acids is 2. The summed E-state index contributed by atoms with van der Waals surface area (Å²) in [5, 5.41) is 1.16. The Morgan fingerprint density at radius 2 is 1.48 bits per heavy atom. The quantitative estimate of drug-likeness (QED) is 0.702. The maximum Gasteiger partial charge on any atom is 0.282 e. The van der Waals surface area contributed by atoms with E-state index >= 15 is 0 Å². The third kappa shape index (κ3) is 3.13. The van der Waals surface area contributed by atoms with Crippen LogP contribution >= 0.6 is 23.2 Å². The molecule has 2 heterocycles. The summed E-state index contributed by atoms with van der Waals surface area (Å²) < 4.78 is 0. The Morgan fingerprint density at radius 3 is 2.11 bits per heavy atom. The van der Waals surface area contributed by atoms with Gasteiger partial charge in [0, 0.05) is 23.1 Å². The molecule has 1 saturated heterocycles. The predicted octanol–water partition coefficient (Wildman–Crippen LogP) is 4.68. The summed E-state index contributed by atoms with van der Waals surface area (Å²) in [7, 11) is 0. The zero-order chi connectivity index (χ0) is 19.1. The number of aryl methyl sites for hydroxylation is 1. The van der Waals surface area contributed by atoms with Gasteiger partial charge in [-0.3, -0.25) is 9.59 Å². The smallest absolute Gasteiger partial charge is 0.282 e. The van der Waals surface area contributed by atoms with Crippen molar-refractivity contribution in [3.63, 3.8) is 0 Å². The molecule has 0 N–H and O–H groups in total. The van der Waals surface area contributed by atoms with E-state index in [4.69, 9.17) is 23.2 Å². The molecule has 4 nitrogen and oxygen atoms in total. The van der Waals surface area contributed by atoms with E-state index in [0.717, 1.165) is 31.5 Å². The van der Waals surface area contributed by atoms with Crippen molar-refractivity contribution in [1.82, 2.24) is 4.90 Å². The van der Waals surface area contributed by atoms with Crippen LogP contribution in [0.3, 0.4) is 0 Å². The van der Waals surface area contributed by atoms with Gasteiger partial charge in [-0.15, -0.1) is 0 Å². The number of hydrogen-bond acceptors (Lipinski definition) is 3. The van der Waals surface area contributed by atoms with Crippen molar-refractivity contribution in [2.45, 2.75) is 19.8 Å². The molecule has 0 aliphatic carbocycles. The Hall–Kier alpha value is -2.30. The molecular weight excluding hydrogens is 383 g/mol. The first kappa shape index (κ1) is 18.1. The zero-order valence-electron chi connectivity index (χ0n) is 14.8. The molecule has 0 atom stereocenters. The lowest BCUT2D eigenvalue weighted by Gasteiger charge is -2.21. The molecule has 0 saturated carbocycles. The minimum atomic E-state index is -0.311. The topological polar surface area (TPSA) is 40.6 Å². The van der Waals surface area contributed by atoms with Crippen molar-refractivity contribution in [2.24, 2.45) is 0 Å². The van der Waals surface area contributed by atoms with E-state index in [9.17, 15) is 9.59 Å². The van der Waals surface area contributed by atoms with E-state index in [1.54, 1.807) is 42.5 Å². The molecule has 0 spiro atoms. The van der Waals surface area contributed by atoms with Gasteiger partial charge >= 0.3 is 0 Å². The van der Waals surface area contributed by atoms with Crippen LogP contribution in [0.4, 0.5) is 5.69 Å². The number of nitrogens with zero attached hydrogens (tertiary/aromatic N) is 2. The number of likely N-dealkylation sites (tertiary alicyclic amines) is 1. The van der Waals surface area contributed by atoms with Gasteiger partial charge in [-0.2, -0.15) is 0 Å². The van der Waals surface area contributed by atoms with Gasteiger partial charge in [0.15, 0.2) is 0 Å². The van der Waals surface area contributed by atoms with Crippen molar-refractivity contribution in [3.05, 3.63) is 69.3 Å². The Morgan fingerprint density at radius 1 is 0.852 bits per heavy atom. The minimum absolute atomic E-state index is 0.280. The van der Waals surface area contributed by atoms with Gasteiger partial charge in [0.05, 0.1) is 11.3 Å². The van der Waals surface area contributed by atoms with Gasteiger partial charge < -0.3 is 4.90 Å². The lowest BCUT2D eigenvalue weighted by atomic mass is 10.0. The number of carbonyl (C=O) groups is 2. The Balaban J connectivity index is 1.85. The maximum absolute atomic E-state index is 13.4. The highest BCUT2D eigenvalue weighted by molar-refractivity contribution is 6.45. The predicted molar refractivity (Wildman–Crippen MR) is 108 cm³/mol. The highest BCUT2D eigenvalue weighted by Gasteiger charge is 2.43. The molecule has 6 heteroatoms. The van der Waals surface area contributed by atoms with Crippen LogP contribution in [-0.4, -0.2) is 29.8 Å². The molecule has 4 rings (SSSR count). The summed E-state index contributed by atoms with van der Waals surface area (Å²) in [4.78, 5) is 30.0. The van der Waals surface area contributed by atoms with Crippen LogP contribution in [0, 0.1) is 6.92 Å². The van der Waals surface area contributed by atoms with E-state index < -0.39 is 0 Å². The van der Waals surface area contributed by atoms with E-state index in [-0.39, 0.29) is 11.8 Å². The molecule has 1 fully saturated rings. The fourth-order valence-corrected chi connectivity index (χ4v) is 4.07. The van der Waals surface area contributed by atoms with Crippen LogP contribution in [0.25, 0.3) is 5.57 Å². The van der Waals surface area contributed by atoms with E-state index in [0.29, 0.717) is 32.6 Å². The molecular formula is C21H18Cl2N2O2. The second-order valence-electron chi connectivity index (χ2n) is 6.80. The minimum Gasteiger partial charge on any atom is -0.366 e. The third-order valence-corrected chi connectivity index (χ3v) is 5.50. The van der Waals surface area contributed by atoms with Gasteiger partial charge in [0.25, 0.3) is 11.8 Å². The normalized spacial score (nSPS) is 17.4. The second-order valence-corrected chi connectivity index (χ2v) is 7.67. The molecule has 0 aromatic heterocycles. The molecule has 2 aliphatic heterocycles. The van der Waals surface area contributed by atoms with Gasteiger partial charge in [-0.1, -0.05) is 35.3 Å². The molecule has 0 radical (unpaired) electrons. The molecule has 138 valence electrons. The monoisotopic (exact) mass is 400 g/mol. The van der Waals surface area contributed by atoms with E-state index in [2.05, 4.69) is 0 Å². The number of anilines is 1. The van der Waals surface area contributed by atoms with Crippen molar-refractivity contribution in [1.29, 1.82) is 0 Å². The SMILES string of the molecule is Cc1cc(Cl)ccc1N1C(=O)C(c2ccc(Cl)cc2)=C(N2CCCC2)C1=O. The molecule has 2 amide bonds. The van der Waals surface area contributed by atoms with E-state index in [1.165, 1.54) is 4.90 Å². The lowest BCUT2D eigenvalue weighted by molar-refractivity contribution is -0.120. The number of amides is 2. The Kier molecular flexibility index (Phi) is 4.70. The molecule has 0 unspecified atom stereocenters. The highest BCUT2D eigenvalue weighted by Crippen LogP contribution is 2.37. The molecule has 2 aliphatic rings. The van der Waals surface area contributed by atoms with Gasteiger partial charge in [-0.25, -0.2) is 4.90 Å². The summed E-state index contributed by atoms with van der Waals surface area (Å²) in [6, 6.07) is 12.2. The summed E-state index contributed by atoms with van der Waals surface area (Å²) in [6.45, 7) is 3.40. The number of hydrogen-bond donors (Lipinski definition) is 0. The third-order valence-electron chi connectivity index (χ3n) is 5.01. The van der Waals surface area contributed by atoms with Crippen molar-refractivity contribution >= 4 is 46.3 Å². The van der Waals surface area contributed by atoms with Crippen molar-refractivity contribution in [3.8, 4) is 0 Å². The first-order valence-electron chi connectivity index (χ1n) is 8.87. The second kappa shape index (κ2) is 7.02. The Labute approximate surface area is 168 Å². The fourth-order valence-electron chi connectivity index (χ4n) is 3.72. The summed E-state index contributed by atoms with van der Waals surface area (Å²) >= 11 is 12.1. The highest BCUT2D eigenvalue weighted by atomic mass is 35.5. The van der Waals surface area contributed by atoms with Crippen molar-refractivity contribution in [2.75, 3.05) is 18.0 Å². The number of benzene rings is 2. The van der Waals surface area contributed by atoms with Crippen molar-refractivity contribution < 1.29 is 9.59 Å². The summed E-state index contributed by atoms with van der Waals surface area (Å²) in [5.41, 5.74) is 2.97. The summed E-state index contributed by atoms with van der Waals surface area (Å²) in [5.74, 6) is -0.591. The molecule has 2 aromatic carbocycles. The van der Waals surface area contributed by atoms with E-state index in [1.807, 2.05) is 11.8 Å². The van der Waals surface area contributed by atoms with Crippen LogP contribution in [0.2, 0.25) is 10.0 Å². The Bertz CT molecular complexity index is 961. The largest absolute Gasteiger partial charge is 0.366 e. The van der Waals surface area contributed by atoms with Crippen LogP contribution in [0.15, 0.2) is 48.2 Å². The van der Waals surface area contributed by atoms with Crippen LogP contribution in [0.1, 0.15) is 24.0 Å². The molecule has 0 bridgehead atoms. The van der Waals surface area contributed by atoms with Gasteiger partial charge in [-0.05, 0) is 61.2 Å². The molecule has 2 aromatic rings. The van der Waals surface area contributed by atoms with Crippen LogP contribution < -0.4 is 4.90 Å². The lowest BCUT2D eigenvalue weighted by Crippen LogP contribution is -2.35. The van der Waals surface area contributed by atoms with Crippen LogP contribution in [0.5, 0.6) is 0 Å². The number of imide groups is 1. The van der Waals surface area contributed by atoms with Gasteiger partial charge in [0.1, 0.15) is 5.70 Å². The standard InChI is InChI=1S/C21H18Cl2N2O2/c1-13-12-16(23)8-9-17(13)25-20(26)18(14-4-6-15(22)7-5-14)19(21(25)27)24-10-2-3-11-24/h4-9,12H,2-3,10-11H2,1H3. The van der Waals surface area contributed by atoms with Crippen LogP contribution in [-0.2, 0) is 9.59 Å². The zero-order valence-corrected chi connectivity index (χ0v) is 16.3. The first-order chi connectivity index (χ1) is 13.0. The van der Waals surface area contributed by atoms with Gasteiger partial charge in [0.2, 0.25) is 0 Å². The molecule has 27 heavy (non-hydrogen) atoms. The number of rotatable bonds is 3. The number of halogens is 2. The fraction of sp³-hybridized carbons (Fsp3) is 0.238.